The van der Waals surface area contributed by atoms with Crippen LogP contribution in [0.1, 0.15) is 77.3 Å². The molecule has 1 aromatic carbocycles. The summed E-state index contributed by atoms with van der Waals surface area (Å²) in [4.78, 5) is 43.5. The molecule has 1 unspecified atom stereocenters. The largest absolute Gasteiger partial charge is 0.378 e. The number of allylic oxidation sites excluding steroid dienone is 1. The fourth-order valence-electron chi connectivity index (χ4n) is 5.46. The van der Waals surface area contributed by atoms with Gasteiger partial charge in [0.05, 0.1) is 25.7 Å². The molecule has 7 nitrogen and oxygen atoms in total. The Morgan fingerprint density at radius 1 is 1.06 bits per heavy atom. The molecule has 1 saturated carbocycles. The van der Waals surface area contributed by atoms with Gasteiger partial charge in [-0.15, -0.1) is 0 Å². The number of morpholine rings is 1. The number of carbonyl (C=O) groups is 3. The van der Waals surface area contributed by atoms with E-state index in [2.05, 4.69) is 50.4 Å². The zero-order valence-corrected chi connectivity index (χ0v) is 22.3. The summed E-state index contributed by atoms with van der Waals surface area (Å²) in [5.74, 6) is -0.749. The lowest BCUT2D eigenvalue weighted by atomic mass is 9.86. The van der Waals surface area contributed by atoms with E-state index in [0.29, 0.717) is 50.5 Å². The fraction of sp³-hybridized carbons (Fsp3) is 0.621. The molecule has 3 aliphatic rings. The van der Waals surface area contributed by atoms with Crippen LogP contribution in [-0.2, 0) is 31.1 Å². The molecule has 1 aliphatic carbocycles. The van der Waals surface area contributed by atoms with E-state index in [9.17, 15) is 14.4 Å². The maximum atomic E-state index is 13.7. The molecule has 2 aliphatic heterocycles. The van der Waals surface area contributed by atoms with Gasteiger partial charge in [0, 0.05) is 36.8 Å². The molecule has 0 radical (unpaired) electrons. The molecule has 0 aromatic heterocycles. The zero-order chi connectivity index (χ0) is 25.9. The van der Waals surface area contributed by atoms with Crippen LogP contribution in [-0.4, -0.2) is 59.9 Å². The summed E-state index contributed by atoms with van der Waals surface area (Å²) in [6, 6.07) is 8.53. The van der Waals surface area contributed by atoms with Gasteiger partial charge in [-0.3, -0.25) is 14.4 Å². The first kappa shape index (κ1) is 26.4. The van der Waals surface area contributed by atoms with Gasteiger partial charge in [-0.05, 0) is 42.7 Å². The predicted octanol–water partition coefficient (Wildman–Crippen LogP) is 3.91. The van der Waals surface area contributed by atoms with E-state index >= 15 is 0 Å². The SMILES string of the molecule is CC1=C(C(=O)N2CCOCC2)CC(CC(=O)NC2CCCC2)C(=O)N1Cc1ccc(C(C)(C)C)cc1. The van der Waals surface area contributed by atoms with Crippen molar-refractivity contribution >= 4 is 17.7 Å². The molecule has 2 fully saturated rings. The van der Waals surface area contributed by atoms with Crippen LogP contribution < -0.4 is 5.32 Å². The summed E-state index contributed by atoms with van der Waals surface area (Å²) < 4.78 is 5.42. The lowest BCUT2D eigenvalue weighted by molar-refractivity contribution is -0.139. The van der Waals surface area contributed by atoms with Gasteiger partial charge < -0.3 is 19.9 Å². The number of ether oxygens (including phenoxy) is 1. The van der Waals surface area contributed by atoms with Crippen LogP contribution in [0.4, 0.5) is 0 Å². The molecular formula is C29H41N3O4. The summed E-state index contributed by atoms with van der Waals surface area (Å²) in [6.07, 6.45) is 4.69. The maximum absolute atomic E-state index is 13.7. The molecule has 0 bridgehead atoms. The molecular weight excluding hydrogens is 454 g/mol. The minimum atomic E-state index is -0.538. The first-order chi connectivity index (χ1) is 17.1. The van der Waals surface area contributed by atoms with Crippen molar-refractivity contribution in [2.75, 3.05) is 26.3 Å². The molecule has 0 spiro atoms. The number of carbonyl (C=O) groups excluding carboxylic acids is 3. The van der Waals surface area contributed by atoms with Crippen molar-refractivity contribution in [3.8, 4) is 0 Å². The second kappa shape index (κ2) is 11.2. The topological polar surface area (TPSA) is 79.0 Å². The number of hydrogen-bond donors (Lipinski definition) is 1. The standard InChI is InChI=1S/C29H41N3O4/c1-20-25(28(35)31-13-15-36-16-14-31)17-22(18-26(33)30-24-7-5-6-8-24)27(34)32(20)19-21-9-11-23(12-10-21)29(2,3)4/h9-12,22,24H,5-8,13-19H2,1-4H3,(H,30,33). The smallest absolute Gasteiger partial charge is 0.251 e. The third-order valence-corrected chi connectivity index (χ3v) is 7.78. The quantitative estimate of drug-likeness (QED) is 0.649. The summed E-state index contributed by atoms with van der Waals surface area (Å²) in [5.41, 5.74) is 3.62. The minimum absolute atomic E-state index is 0.0439. The van der Waals surface area contributed by atoms with Crippen molar-refractivity contribution in [3.63, 3.8) is 0 Å². The lowest BCUT2D eigenvalue weighted by Crippen LogP contribution is -2.47. The molecule has 3 amide bonds. The van der Waals surface area contributed by atoms with Gasteiger partial charge in [-0.25, -0.2) is 0 Å². The van der Waals surface area contributed by atoms with Crippen LogP contribution in [0.15, 0.2) is 35.5 Å². The zero-order valence-electron chi connectivity index (χ0n) is 22.3. The average molecular weight is 496 g/mol. The van der Waals surface area contributed by atoms with E-state index < -0.39 is 5.92 Å². The Bertz CT molecular complexity index is 996. The highest BCUT2D eigenvalue weighted by molar-refractivity contribution is 5.98. The van der Waals surface area contributed by atoms with Crippen LogP contribution in [0.25, 0.3) is 0 Å². The van der Waals surface area contributed by atoms with Crippen molar-refractivity contribution in [2.45, 2.75) is 84.2 Å². The Morgan fingerprint density at radius 3 is 2.31 bits per heavy atom. The summed E-state index contributed by atoms with van der Waals surface area (Å²) in [5, 5.41) is 3.11. The third kappa shape index (κ3) is 6.17. The van der Waals surface area contributed by atoms with Gasteiger partial charge in [-0.2, -0.15) is 0 Å². The Labute approximate surface area is 215 Å². The second-order valence-corrected chi connectivity index (χ2v) is 11.5. The molecule has 1 atom stereocenters. The van der Waals surface area contributed by atoms with E-state index in [1.807, 2.05) is 11.8 Å². The van der Waals surface area contributed by atoms with E-state index in [0.717, 1.165) is 31.2 Å². The van der Waals surface area contributed by atoms with Gasteiger partial charge in [0.25, 0.3) is 5.91 Å². The molecule has 1 aromatic rings. The van der Waals surface area contributed by atoms with Crippen LogP contribution in [0.5, 0.6) is 0 Å². The molecule has 4 rings (SSSR count). The maximum Gasteiger partial charge on any atom is 0.251 e. The van der Waals surface area contributed by atoms with E-state index in [-0.39, 0.29) is 35.6 Å². The first-order valence-electron chi connectivity index (χ1n) is 13.4. The highest BCUT2D eigenvalue weighted by atomic mass is 16.5. The number of nitrogens with one attached hydrogen (secondary N) is 1. The van der Waals surface area contributed by atoms with Crippen molar-refractivity contribution in [2.24, 2.45) is 5.92 Å². The third-order valence-electron chi connectivity index (χ3n) is 7.78. The van der Waals surface area contributed by atoms with Crippen molar-refractivity contribution in [1.82, 2.24) is 15.1 Å². The Morgan fingerprint density at radius 2 is 1.69 bits per heavy atom. The molecule has 1 saturated heterocycles. The van der Waals surface area contributed by atoms with Crippen molar-refractivity contribution < 1.29 is 19.1 Å². The molecule has 196 valence electrons. The van der Waals surface area contributed by atoms with E-state index in [1.54, 1.807) is 4.90 Å². The predicted molar refractivity (Wildman–Crippen MR) is 139 cm³/mol. The summed E-state index contributed by atoms with van der Waals surface area (Å²) >= 11 is 0. The monoisotopic (exact) mass is 495 g/mol. The van der Waals surface area contributed by atoms with Gasteiger partial charge >= 0.3 is 0 Å². The number of nitrogens with zero attached hydrogens (tertiary/aromatic N) is 2. The molecule has 36 heavy (non-hydrogen) atoms. The first-order valence-corrected chi connectivity index (χ1v) is 13.4. The normalized spacial score (nSPS) is 21.8. The number of amides is 3. The highest BCUT2D eigenvalue weighted by Gasteiger charge is 2.38. The number of hydrogen-bond acceptors (Lipinski definition) is 4. The molecule has 2 heterocycles. The lowest BCUT2D eigenvalue weighted by Gasteiger charge is -2.37. The van der Waals surface area contributed by atoms with Gasteiger partial charge in [-0.1, -0.05) is 57.9 Å². The number of rotatable bonds is 6. The average Bonchev–Trinajstić information content (AvgIpc) is 3.36. The van der Waals surface area contributed by atoms with Crippen LogP contribution >= 0.6 is 0 Å². The van der Waals surface area contributed by atoms with E-state index in [4.69, 9.17) is 4.74 Å². The van der Waals surface area contributed by atoms with Gasteiger partial charge in [0.1, 0.15) is 0 Å². The fourth-order valence-corrected chi connectivity index (χ4v) is 5.46. The highest BCUT2D eigenvalue weighted by Crippen LogP contribution is 2.33. The van der Waals surface area contributed by atoms with Crippen molar-refractivity contribution in [3.05, 3.63) is 46.7 Å². The Balaban J connectivity index is 1.56. The molecule has 7 heteroatoms. The van der Waals surface area contributed by atoms with Gasteiger partial charge in [0.2, 0.25) is 11.8 Å². The van der Waals surface area contributed by atoms with Crippen LogP contribution in [0.2, 0.25) is 0 Å². The summed E-state index contributed by atoms with van der Waals surface area (Å²) in [6.45, 7) is 10.9. The Kier molecular flexibility index (Phi) is 8.18. The molecule has 1 N–H and O–H groups in total. The Hall–Kier alpha value is -2.67. The van der Waals surface area contributed by atoms with Crippen LogP contribution in [0.3, 0.4) is 0 Å². The number of benzene rings is 1. The second-order valence-electron chi connectivity index (χ2n) is 11.5. The minimum Gasteiger partial charge on any atom is -0.378 e. The van der Waals surface area contributed by atoms with Crippen LogP contribution in [0, 0.1) is 5.92 Å². The van der Waals surface area contributed by atoms with Crippen molar-refractivity contribution in [1.29, 1.82) is 0 Å². The van der Waals surface area contributed by atoms with Gasteiger partial charge in [0.15, 0.2) is 0 Å². The summed E-state index contributed by atoms with van der Waals surface area (Å²) in [7, 11) is 0. The van der Waals surface area contributed by atoms with E-state index in [1.165, 1.54) is 5.56 Å².